The highest BCUT2D eigenvalue weighted by atomic mass is 19.2. The van der Waals surface area contributed by atoms with Crippen molar-refractivity contribution in [3.8, 4) is 0 Å². The van der Waals surface area contributed by atoms with E-state index in [1.54, 1.807) is 0 Å². The van der Waals surface area contributed by atoms with Gasteiger partial charge in [-0.25, -0.2) is 13.6 Å². The number of benzene rings is 1. The Bertz CT molecular complexity index is 509. The van der Waals surface area contributed by atoms with Crippen LogP contribution in [0.2, 0.25) is 0 Å². The molecule has 1 aromatic rings. The molecule has 2 unspecified atom stereocenters. The van der Waals surface area contributed by atoms with Crippen LogP contribution in [0.25, 0.3) is 0 Å². The molecule has 2 N–H and O–H groups in total. The third kappa shape index (κ3) is 3.26. The van der Waals surface area contributed by atoms with Crippen LogP contribution in [0.5, 0.6) is 0 Å². The van der Waals surface area contributed by atoms with Gasteiger partial charge in [-0.1, -0.05) is 13.8 Å². The fourth-order valence-corrected chi connectivity index (χ4v) is 2.92. The summed E-state index contributed by atoms with van der Waals surface area (Å²) in [7, 11) is 0. The summed E-state index contributed by atoms with van der Waals surface area (Å²) in [5.74, 6) is -1.89. The van der Waals surface area contributed by atoms with Crippen LogP contribution in [0.3, 0.4) is 0 Å². The summed E-state index contributed by atoms with van der Waals surface area (Å²) in [5.41, 5.74) is 5.32. The zero-order valence-corrected chi connectivity index (χ0v) is 11.7. The van der Waals surface area contributed by atoms with Gasteiger partial charge in [-0.3, -0.25) is 0 Å². The molecule has 0 aliphatic heterocycles. The number of halogens is 2. The topological polar surface area (TPSA) is 52.3 Å². The number of esters is 1. The molecule has 0 saturated heterocycles. The zero-order chi connectivity index (χ0) is 14.9. The Kier molecular flexibility index (Phi) is 4.26. The van der Waals surface area contributed by atoms with Gasteiger partial charge in [0.2, 0.25) is 0 Å². The number of rotatable bonds is 2. The third-order valence-corrected chi connectivity index (χ3v) is 3.72. The third-order valence-electron chi connectivity index (χ3n) is 3.72. The van der Waals surface area contributed by atoms with Crippen LogP contribution in [0.15, 0.2) is 12.1 Å². The molecule has 110 valence electrons. The Morgan fingerprint density at radius 1 is 1.15 bits per heavy atom. The van der Waals surface area contributed by atoms with Crippen molar-refractivity contribution < 1.29 is 18.3 Å². The highest BCUT2D eigenvalue weighted by Gasteiger charge is 2.27. The van der Waals surface area contributed by atoms with Crippen molar-refractivity contribution in [3.05, 3.63) is 29.3 Å². The Hall–Kier alpha value is -1.65. The largest absolute Gasteiger partial charge is 0.459 e. The van der Waals surface area contributed by atoms with Crippen molar-refractivity contribution >= 4 is 11.7 Å². The van der Waals surface area contributed by atoms with Crippen molar-refractivity contribution in [1.29, 1.82) is 0 Å². The van der Waals surface area contributed by atoms with E-state index in [1.165, 1.54) is 0 Å². The van der Waals surface area contributed by atoms with E-state index in [1.807, 2.05) is 0 Å². The predicted octanol–water partition coefficient (Wildman–Crippen LogP) is 3.53. The van der Waals surface area contributed by atoms with Gasteiger partial charge < -0.3 is 10.5 Å². The molecule has 0 aromatic heterocycles. The molecule has 1 saturated carbocycles. The van der Waals surface area contributed by atoms with Crippen LogP contribution >= 0.6 is 0 Å². The average Bonchev–Trinajstić information content (AvgIpc) is 2.32. The minimum atomic E-state index is -1.10. The van der Waals surface area contributed by atoms with E-state index in [0.29, 0.717) is 11.8 Å². The first kappa shape index (κ1) is 14.8. The van der Waals surface area contributed by atoms with Crippen molar-refractivity contribution in [2.24, 2.45) is 11.8 Å². The Balaban J connectivity index is 2.10. The lowest BCUT2D eigenvalue weighted by Gasteiger charge is -2.31. The van der Waals surface area contributed by atoms with Gasteiger partial charge in [0.1, 0.15) is 6.10 Å². The number of nitrogens with two attached hydrogens (primary N) is 1. The molecule has 20 heavy (non-hydrogen) atoms. The first-order valence-electron chi connectivity index (χ1n) is 6.82. The number of nitrogen functional groups attached to an aromatic ring is 1. The van der Waals surface area contributed by atoms with Crippen molar-refractivity contribution in [3.63, 3.8) is 0 Å². The van der Waals surface area contributed by atoms with Crippen LogP contribution in [0.1, 0.15) is 43.5 Å². The van der Waals surface area contributed by atoms with E-state index in [-0.39, 0.29) is 17.4 Å². The molecular weight excluding hydrogens is 264 g/mol. The zero-order valence-electron chi connectivity index (χ0n) is 11.7. The van der Waals surface area contributed by atoms with Crippen molar-refractivity contribution in [2.45, 2.75) is 39.2 Å². The molecule has 1 aliphatic rings. The van der Waals surface area contributed by atoms with Gasteiger partial charge in [0.25, 0.3) is 0 Å². The fourth-order valence-electron chi connectivity index (χ4n) is 2.92. The fraction of sp³-hybridized carbons (Fsp3) is 0.533. The first-order valence-corrected chi connectivity index (χ1v) is 6.82. The molecule has 0 amide bonds. The number of carbonyl (C=O) groups excluding carboxylic acids is 1. The summed E-state index contributed by atoms with van der Waals surface area (Å²) in [4.78, 5) is 12.0. The number of hydrogen-bond donors (Lipinski definition) is 1. The number of anilines is 1. The van der Waals surface area contributed by atoms with E-state index in [0.717, 1.165) is 31.4 Å². The normalized spacial score (nSPS) is 26.3. The molecule has 3 nitrogen and oxygen atoms in total. The molecule has 0 radical (unpaired) electrons. The summed E-state index contributed by atoms with van der Waals surface area (Å²) < 4.78 is 31.5. The number of carbonyl (C=O) groups is 1. The Morgan fingerprint density at radius 2 is 1.70 bits per heavy atom. The maximum absolute atomic E-state index is 13.2. The van der Waals surface area contributed by atoms with Crippen molar-refractivity contribution in [2.75, 3.05) is 5.73 Å². The molecule has 2 rings (SSSR count). The smallest absolute Gasteiger partial charge is 0.340 e. The van der Waals surface area contributed by atoms with Gasteiger partial charge in [0.15, 0.2) is 11.6 Å². The second kappa shape index (κ2) is 5.77. The Morgan fingerprint density at radius 3 is 2.30 bits per heavy atom. The molecule has 2 atom stereocenters. The molecule has 1 fully saturated rings. The van der Waals surface area contributed by atoms with E-state index in [2.05, 4.69) is 13.8 Å². The lowest BCUT2D eigenvalue weighted by atomic mass is 9.82. The minimum absolute atomic E-state index is 0.106. The van der Waals surface area contributed by atoms with Gasteiger partial charge in [-0.05, 0) is 37.2 Å². The highest BCUT2D eigenvalue weighted by molar-refractivity contribution is 5.95. The van der Waals surface area contributed by atoms with Crippen LogP contribution in [-0.4, -0.2) is 12.1 Å². The van der Waals surface area contributed by atoms with Gasteiger partial charge >= 0.3 is 5.97 Å². The Labute approximate surface area is 117 Å². The highest BCUT2D eigenvalue weighted by Crippen LogP contribution is 2.31. The standard InChI is InChI=1S/C15H19F2NO2/c1-8-3-9(2)5-10(4-8)20-15(19)11-6-12(16)13(17)7-14(11)18/h6-10H,3-5,18H2,1-2H3. The van der Waals surface area contributed by atoms with Gasteiger partial charge in [-0.2, -0.15) is 0 Å². The van der Waals surface area contributed by atoms with Gasteiger partial charge in [0.05, 0.1) is 5.56 Å². The number of ether oxygens (including phenoxy) is 1. The summed E-state index contributed by atoms with van der Waals surface area (Å²) in [5, 5.41) is 0. The quantitative estimate of drug-likeness (QED) is 0.667. The second-order valence-electron chi connectivity index (χ2n) is 5.80. The van der Waals surface area contributed by atoms with Gasteiger partial charge in [0, 0.05) is 11.8 Å². The summed E-state index contributed by atoms with van der Waals surface area (Å²) in [6.45, 7) is 4.23. The molecule has 0 heterocycles. The van der Waals surface area contributed by atoms with Gasteiger partial charge in [-0.15, -0.1) is 0 Å². The minimum Gasteiger partial charge on any atom is -0.459 e. The summed E-state index contributed by atoms with van der Waals surface area (Å²) in [6.07, 6.45) is 2.51. The van der Waals surface area contributed by atoms with E-state index in [9.17, 15) is 13.6 Å². The molecule has 0 bridgehead atoms. The predicted molar refractivity (Wildman–Crippen MR) is 72.2 cm³/mol. The van der Waals surface area contributed by atoms with E-state index in [4.69, 9.17) is 10.5 Å². The average molecular weight is 283 g/mol. The van der Waals surface area contributed by atoms with Crippen LogP contribution in [0, 0.1) is 23.5 Å². The lowest BCUT2D eigenvalue weighted by Crippen LogP contribution is -2.28. The van der Waals surface area contributed by atoms with Crippen LogP contribution < -0.4 is 5.73 Å². The first-order chi connectivity index (χ1) is 9.36. The van der Waals surface area contributed by atoms with Crippen LogP contribution in [-0.2, 0) is 4.74 Å². The number of hydrogen-bond acceptors (Lipinski definition) is 3. The maximum Gasteiger partial charge on any atom is 0.340 e. The lowest BCUT2D eigenvalue weighted by molar-refractivity contribution is 0.00812. The molecule has 1 aromatic carbocycles. The second-order valence-corrected chi connectivity index (χ2v) is 5.80. The van der Waals surface area contributed by atoms with Crippen LogP contribution in [0.4, 0.5) is 14.5 Å². The molecule has 0 spiro atoms. The summed E-state index contributed by atoms with van der Waals surface area (Å²) >= 11 is 0. The molecule has 5 heteroatoms. The summed E-state index contributed by atoms with van der Waals surface area (Å²) in [6, 6.07) is 1.60. The van der Waals surface area contributed by atoms with E-state index >= 15 is 0 Å². The SMILES string of the molecule is CC1CC(C)CC(OC(=O)c2cc(F)c(F)cc2N)C1. The van der Waals surface area contributed by atoms with E-state index < -0.39 is 17.6 Å². The monoisotopic (exact) mass is 283 g/mol. The molecular formula is C15H19F2NO2. The molecule has 1 aliphatic carbocycles. The maximum atomic E-state index is 13.2. The van der Waals surface area contributed by atoms with Crippen molar-refractivity contribution in [1.82, 2.24) is 0 Å².